The molecule has 2 aromatic rings. The summed E-state index contributed by atoms with van der Waals surface area (Å²) in [7, 11) is 0. The number of nitrogen functional groups attached to an aromatic ring is 1. The molecule has 5 heterocycles. The Kier molecular flexibility index (Phi) is 8.03. The van der Waals surface area contributed by atoms with E-state index < -0.39 is 5.60 Å². The maximum atomic E-state index is 12.6. The Balaban J connectivity index is 0.821. The fourth-order valence-electron chi connectivity index (χ4n) is 9.90. The summed E-state index contributed by atoms with van der Waals surface area (Å²) in [5.74, 6) is 1.33. The monoisotopic (exact) mass is 659 g/mol. The highest BCUT2D eigenvalue weighted by molar-refractivity contribution is 5.74. The van der Waals surface area contributed by atoms with Crippen LogP contribution in [0.25, 0.3) is 11.3 Å². The Morgan fingerprint density at radius 3 is 2.42 bits per heavy atom. The van der Waals surface area contributed by atoms with Crippen molar-refractivity contribution in [2.75, 3.05) is 63.1 Å². The first-order valence-corrected chi connectivity index (χ1v) is 18.3. The fourth-order valence-corrected chi connectivity index (χ4v) is 9.90. The van der Waals surface area contributed by atoms with Gasteiger partial charge in [-0.2, -0.15) is 0 Å². The zero-order valence-electron chi connectivity index (χ0n) is 28.9. The lowest BCUT2D eigenvalue weighted by Gasteiger charge is -2.60. The lowest BCUT2D eigenvalue weighted by molar-refractivity contribution is -0.196. The number of rotatable bonds is 5. The van der Waals surface area contributed by atoms with Crippen LogP contribution in [-0.4, -0.2) is 118 Å². The van der Waals surface area contributed by atoms with Crippen molar-refractivity contribution in [1.29, 1.82) is 0 Å². The molecule has 1 aromatic heterocycles. The number of likely N-dealkylation sites (tertiary alicyclic amines) is 1. The van der Waals surface area contributed by atoms with Gasteiger partial charge in [-0.3, -0.25) is 9.80 Å². The number of hydrogen-bond acceptors (Lipinski definition) is 10. The third kappa shape index (κ3) is 6.11. The van der Waals surface area contributed by atoms with Gasteiger partial charge in [0.05, 0.1) is 23.6 Å². The van der Waals surface area contributed by atoms with E-state index in [9.17, 15) is 9.90 Å². The van der Waals surface area contributed by atoms with Crippen molar-refractivity contribution < 1.29 is 19.4 Å². The van der Waals surface area contributed by atoms with Crippen molar-refractivity contribution in [2.45, 2.75) is 101 Å². The zero-order chi connectivity index (χ0) is 33.3. The highest BCUT2D eigenvalue weighted by Crippen LogP contribution is 2.53. The number of morpholine rings is 1. The Morgan fingerprint density at radius 2 is 1.73 bits per heavy atom. The van der Waals surface area contributed by atoms with E-state index in [1.165, 1.54) is 25.7 Å². The number of nitrogens with two attached hydrogens (primary N) is 1. The molecule has 260 valence electrons. The molecule has 48 heavy (non-hydrogen) atoms. The maximum Gasteiger partial charge on any atom is 0.410 e. The summed E-state index contributed by atoms with van der Waals surface area (Å²) in [4.78, 5) is 22.4. The molecular weight excluding hydrogens is 606 g/mol. The van der Waals surface area contributed by atoms with Crippen LogP contribution in [0.15, 0.2) is 30.3 Å². The van der Waals surface area contributed by atoms with E-state index in [0.717, 1.165) is 83.8 Å². The second kappa shape index (κ2) is 12.0. The van der Waals surface area contributed by atoms with Crippen molar-refractivity contribution in [3.05, 3.63) is 30.3 Å². The number of benzene rings is 1. The van der Waals surface area contributed by atoms with Crippen molar-refractivity contribution in [2.24, 2.45) is 11.3 Å². The number of carbonyl (C=O) groups excluding carboxylic acids is 1. The quantitative estimate of drug-likeness (QED) is 0.466. The molecule has 2 saturated carbocycles. The molecule has 4 saturated heterocycles. The Labute approximate surface area is 284 Å². The first-order chi connectivity index (χ1) is 23.0. The number of carbonyl (C=O) groups is 1. The molecule has 6 fully saturated rings. The predicted molar refractivity (Wildman–Crippen MR) is 185 cm³/mol. The minimum Gasteiger partial charge on any atom is -0.507 e. The number of piperazine rings is 1. The van der Waals surface area contributed by atoms with E-state index in [-0.39, 0.29) is 17.4 Å². The standard InChI is InChI=1S/C37H53N7O4/c1-35(2,3)48-34(46)41-12-10-36(11-13-41)19-28(20-36)42-14-15-47-37(24-42)17-25(18-37)21-44-26-8-9-27(44)23-43(22-26)31-16-30(39-40-33(31)38)29-6-4-5-7-32(29)45/h4-7,16,25-28,45H,8-15,17-24H2,1-3H3,(H2,38,40). The Bertz CT molecular complexity index is 1490. The van der Waals surface area contributed by atoms with Gasteiger partial charge in [0.1, 0.15) is 11.4 Å². The lowest BCUT2D eigenvalue weighted by atomic mass is 9.59. The number of phenols is 1. The molecule has 0 radical (unpaired) electrons. The summed E-state index contributed by atoms with van der Waals surface area (Å²) in [6.07, 6.45) is 9.30. The molecule has 4 aliphatic heterocycles. The van der Waals surface area contributed by atoms with Crippen LogP contribution in [0.5, 0.6) is 5.75 Å². The van der Waals surface area contributed by atoms with Gasteiger partial charge >= 0.3 is 6.09 Å². The molecule has 8 rings (SSSR count). The molecule has 3 N–H and O–H groups in total. The van der Waals surface area contributed by atoms with Crippen LogP contribution in [0.4, 0.5) is 16.3 Å². The SMILES string of the molecule is CC(C)(C)OC(=O)N1CCC2(CC1)CC(N1CCOC3(CC(CN4C5CCC4CN(c4cc(-c6ccccc6O)nnc4N)C5)C3)C1)C2. The van der Waals surface area contributed by atoms with Crippen LogP contribution in [0.2, 0.25) is 0 Å². The van der Waals surface area contributed by atoms with Crippen LogP contribution in [0, 0.1) is 11.3 Å². The minimum atomic E-state index is -0.441. The second-order valence-electron chi connectivity index (χ2n) is 16.8. The first-order valence-electron chi connectivity index (χ1n) is 18.3. The fraction of sp³-hybridized carbons (Fsp3) is 0.703. The molecular formula is C37H53N7O4. The van der Waals surface area contributed by atoms with E-state index in [1.807, 2.05) is 49.9 Å². The normalized spacial score (nSPS) is 27.6. The van der Waals surface area contributed by atoms with Crippen LogP contribution in [0.3, 0.4) is 0 Å². The number of piperidine rings is 1. The van der Waals surface area contributed by atoms with Gasteiger partial charge < -0.3 is 30.1 Å². The smallest absolute Gasteiger partial charge is 0.410 e. The van der Waals surface area contributed by atoms with Gasteiger partial charge in [-0.25, -0.2) is 4.79 Å². The number of amides is 1. The van der Waals surface area contributed by atoms with Crippen LogP contribution in [-0.2, 0) is 9.47 Å². The van der Waals surface area contributed by atoms with Crippen molar-refractivity contribution in [3.63, 3.8) is 0 Å². The number of hydrogen-bond donors (Lipinski definition) is 2. The van der Waals surface area contributed by atoms with Crippen molar-refractivity contribution in [1.82, 2.24) is 24.9 Å². The van der Waals surface area contributed by atoms with Crippen LogP contribution >= 0.6 is 0 Å². The number of aromatic nitrogens is 2. The predicted octanol–water partition coefficient (Wildman–Crippen LogP) is 4.75. The highest BCUT2D eigenvalue weighted by atomic mass is 16.6. The molecule has 11 nitrogen and oxygen atoms in total. The molecule has 1 amide bonds. The average molecular weight is 660 g/mol. The lowest BCUT2D eigenvalue weighted by Crippen LogP contribution is -2.65. The maximum absolute atomic E-state index is 12.6. The molecule has 2 spiro atoms. The van der Waals surface area contributed by atoms with Crippen molar-refractivity contribution >= 4 is 17.6 Å². The number of ether oxygens (including phenoxy) is 2. The molecule has 6 aliphatic rings. The van der Waals surface area contributed by atoms with Gasteiger partial charge in [0.2, 0.25) is 0 Å². The molecule has 2 unspecified atom stereocenters. The van der Waals surface area contributed by atoms with Gasteiger partial charge in [0.25, 0.3) is 0 Å². The average Bonchev–Trinajstić information content (AvgIpc) is 3.24. The first kappa shape index (κ1) is 32.1. The number of para-hydroxylation sites is 1. The van der Waals surface area contributed by atoms with E-state index >= 15 is 0 Å². The molecule has 2 atom stereocenters. The van der Waals surface area contributed by atoms with Gasteiger partial charge in [-0.1, -0.05) is 12.1 Å². The summed E-state index contributed by atoms with van der Waals surface area (Å²) in [5.41, 5.74) is 8.60. The summed E-state index contributed by atoms with van der Waals surface area (Å²) in [5, 5.41) is 19.0. The number of phenolic OH excluding ortho intramolecular Hbond substituents is 1. The minimum absolute atomic E-state index is 0.0309. The zero-order valence-corrected chi connectivity index (χ0v) is 28.9. The van der Waals surface area contributed by atoms with E-state index in [1.54, 1.807) is 6.07 Å². The summed E-state index contributed by atoms with van der Waals surface area (Å²) >= 11 is 0. The Hall–Kier alpha value is -3.15. The van der Waals surface area contributed by atoms with E-state index in [2.05, 4.69) is 24.9 Å². The Morgan fingerprint density at radius 1 is 1.02 bits per heavy atom. The van der Waals surface area contributed by atoms with Gasteiger partial charge in [-0.05, 0) is 102 Å². The molecule has 1 aromatic carbocycles. The number of anilines is 2. The molecule has 2 aliphatic carbocycles. The number of aromatic hydroxyl groups is 1. The number of fused-ring (bicyclic) bond motifs is 2. The van der Waals surface area contributed by atoms with Crippen LogP contribution < -0.4 is 10.6 Å². The topological polar surface area (TPSA) is 121 Å². The van der Waals surface area contributed by atoms with Crippen molar-refractivity contribution in [3.8, 4) is 17.0 Å². The second-order valence-corrected chi connectivity index (χ2v) is 16.8. The summed E-state index contributed by atoms with van der Waals surface area (Å²) < 4.78 is 12.1. The van der Waals surface area contributed by atoms with E-state index in [4.69, 9.17) is 15.2 Å². The summed E-state index contributed by atoms with van der Waals surface area (Å²) in [6.45, 7) is 13.4. The van der Waals surface area contributed by atoms with Gasteiger partial charge in [0, 0.05) is 69.5 Å². The summed E-state index contributed by atoms with van der Waals surface area (Å²) in [6, 6.07) is 10.9. The van der Waals surface area contributed by atoms with Crippen LogP contribution in [0.1, 0.15) is 72.1 Å². The van der Waals surface area contributed by atoms with Gasteiger partial charge in [-0.15, -0.1) is 10.2 Å². The molecule has 2 bridgehead atoms. The highest BCUT2D eigenvalue weighted by Gasteiger charge is 2.54. The third-order valence-electron chi connectivity index (χ3n) is 12.4. The van der Waals surface area contributed by atoms with E-state index in [0.29, 0.717) is 46.5 Å². The third-order valence-corrected chi connectivity index (χ3v) is 12.4. The molecule has 11 heteroatoms. The largest absolute Gasteiger partial charge is 0.507 e. The number of nitrogens with zero attached hydrogens (tertiary/aromatic N) is 6. The van der Waals surface area contributed by atoms with Gasteiger partial charge in [0.15, 0.2) is 5.82 Å².